The number of nitrogens with zero attached hydrogens (tertiary/aromatic N) is 2. The number of piperidine rings is 1. The lowest BCUT2D eigenvalue weighted by molar-refractivity contribution is -0.145. The molecule has 8 heteroatoms. The second-order valence-electron chi connectivity index (χ2n) is 8.40. The molecular weight excluding hydrogens is 382 g/mol. The molecule has 0 N–H and O–H groups in total. The predicted molar refractivity (Wildman–Crippen MR) is 105 cm³/mol. The van der Waals surface area contributed by atoms with Crippen LogP contribution in [-0.2, 0) is 16.1 Å². The third kappa shape index (κ3) is 6.05. The highest BCUT2D eigenvalue weighted by Crippen LogP contribution is 2.30. The number of hydrogen-bond acceptors (Lipinski definition) is 4. The Kier molecular flexibility index (Phi) is 7.43. The smallest absolute Gasteiger partial charge is 0.387 e. The first-order valence-electron chi connectivity index (χ1n) is 9.69. The molecule has 1 aliphatic heterocycles. The van der Waals surface area contributed by atoms with Gasteiger partial charge in [0, 0.05) is 32.1 Å². The van der Waals surface area contributed by atoms with Crippen molar-refractivity contribution >= 4 is 11.8 Å². The molecule has 0 aliphatic carbocycles. The summed E-state index contributed by atoms with van der Waals surface area (Å²) < 4.78 is 34.5. The van der Waals surface area contributed by atoms with Crippen LogP contribution in [0.2, 0.25) is 0 Å². The first kappa shape index (κ1) is 22.9. The maximum absolute atomic E-state index is 12.9. The fraction of sp³-hybridized carbons (Fsp3) is 0.619. The molecule has 1 fully saturated rings. The Morgan fingerprint density at radius 2 is 1.97 bits per heavy atom. The summed E-state index contributed by atoms with van der Waals surface area (Å²) in [6.07, 6.45) is 1.53. The van der Waals surface area contributed by atoms with Crippen molar-refractivity contribution in [1.82, 2.24) is 9.80 Å². The summed E-state index contributed by atoms with van der Waals surface area (Å²) in [5.74, 6) is -0.101. The molecule has 0 aromatic heterocycles. The van der Waals surface area contributed by atoms with Gasteiger partial charge in [0.2, 0.25) is 11.8 Å². The zero-order valence-corrected chi connectivity index (χ0v) is 17.7. The molecule has 1 aliphatic rings. The quantitative estimate of drug-likeness (QED) is 0.717. The Labute approximate surface area is 170 Å². The standard InChI is InChI=1S/C21H30F2N2O4/c1-21(2,3)19(27)25-10-6-7-15(13-25)18(26)24(4)12-14-8-9-16(29-20(22)23)17(11-14)28-5/h8-9,11,15,20H,6-7,10,12-13H2,1-5H3. The van der Waals surface area contributed by atoms with Gasteiger partial charge >= 0.3 is 6.61 Å². The van der Waals surface area contributed by atoms with Gasteiger partial charge in [0.15, 0.2) is 11.5 Å². The van der Waals surface area contributed by atoms with Crippen molar-refractivity contribution in [3.63, 3.8) is 0 Å². The average molecular weight is 412 g/mol. The zero-order valence-electron chi connectivity index (χ0n) is 17.7. The second-order valence-corrected chi connectivity index (χ2v) is 8.40. The largest absolute Gasteiger partial charge is 0.493 e. The van der Waals surface area contributed by atoms with Crippen molar-refractivity contribution in [2.45, 2.75) is 46.8 Å². The number of alkyl halides is 2. The van der Waals surface area contributed by atoms with Crippen LogP contribution in [0.25, 0.3) is 0 Å². The van der Waals surface area contributed by atoms with E-state index in [4.69, 9.17) is 4.74 Å². The Morgan fingerprint density at radius 3 is 2.55 bits per heavy atom. The Hall–Kier alpha value is -2.38. The highest BCUT2D eigenvalue weighted by atomic mass is 19.3. The van der Waals surface area contributed by atoms with Gasteiger partial charge in [-0.05, 0) is 30.5 Å². The van der Waals surface area contributed by atoms with Crippen LogP contribution in [0.3, 0.4) is 0 Å². The molecule has 29 heavy (non-hydrogen) atoms. The number of methoxy groups -OCH3 is 1. The Balaban J connectivity index is 2.04. The van der Waals surface area contributed by atoms with E-state index >= 15 is 0 Å². The van der Waals surface area contributed by atoms with Crippen molar-refractivity contribution in [2.24, 2.45) is 11.3 Å². The van der Waals surface area contributed by atoms with Crippen LogP contribution in [0.4, 0.5) is 8.78 Å². The molecule has 1 unspecified atom stereocenters. The normalized spacial score (nSPS) is 17.2. The van der Waals surface area contributed by atoms with E-state index in [1.54, 1.807) is 29.0 Å². The molecule has 1 heterocycles. The van der Waals surface area contributed by atoms with Gasteiger partial charge in [0.1, 0.15) is 0 Å². The third-order valence-electron chi connectivity index (χ3n) is 4.94. The summed E-state index contributed by atoms with van der Waals surface area (Å²) in [5.41, 5.74) is 0.257. The molecule has 1 saturated heterocycles. The van der Waals surface area contributed by atoms with E-state index in [-0.39, 0.29) is 29.2 Å². The van der Waals surface area contributed by atoms with E-state index in [1.165, 1.54) is 13.2 Å². The molecule has 0 spiro atoms. The average Bonchev–Trinajstić information content (AvgIpc) is 2.66. The van der Waals surface area contributed by atoms with Gasteiger partial charge in [0.05, 0.1) is 13.0 Å². The third-order valence-corrected chi connectivity index (χ3v) is 4.94. The van der Waals surface area contributed by atoms with Gasteiger partial charge in [-0.2, -0.15) is 8.78 Å². The fourth-order valence-electron chi connectivity index (χ4n) is 3.50. The number of rotatable bonds is 6. The number of carbonyl (C=O) groups is 2. The summed E-state index contributed by atoms with van der Waals surface area (Å²) in [4.78, 5) is 28.8. The lowest BCUT2D eigenvalue weighted by Crippen LogP contribution is -2.48. The van der Waals surface area contributed by atoms with E-state index in [2.05, 4.69) is 4.74 Å². The molecular formula is C21H30F2N2O4. The highest BCUT2D eigenvalue weighted by Gasteiger charge is 2.34. The van der Waals surface area contributed by atoms with E-state index < -0.39 is 12.0 Å². The molecule has 0 radical (unpaired) electrons. The Bertz CT molecular complexity index is 734. The summed E-state index contributed by atoms with van der Waals surface area (Å²) in [6, 6.07) is 4.61. The summed E-state index contributed by atoms with van der Waals surface area (Å²) in [5, 5.41) is 0. The first-order valence-corrected chi connectivity index (χ1v) is 9.69. The minimum Gasteiger partial charge on any atom is -0.493 e. The van der Waals surface area contributed by atoms with E-state index in [0.717, 1.165) is 18.4 Å². The van der Waals surface area contributed by atoms with Crippen LogP contribution >= 0.6 is 0 Å². The lowest BCUT2D eigenvalue weighted by Gasteiger charge is -2.37. The summed E-state index contributed by atoms with van der Waals surface area (Å²) in [7, 11) is 3.07. The van der Waals surface area contributed by atoms with Crippen LogP contribution in [0.1, 0.15) is 39.2 Å². The van der Waals surface area contributed by atoms with E-state index in [1.807, 2.05) is 20.8 Å². The number of amides is 2. The molecule has 2 amide bonds. The van der Waals surface area contributed by atoms with Gasteiger partial charge in [-0.1, -0.05) is 26.8 Å². The van der Waals surface area contributed by atoms with Crippen molar-refractivity contribution in [3.05, 3.63) is 23.8 Å². The SMILES string of the molecule is COc1cc(CN(C)C(=O)C2CCCN(C(=O)C(C)(C)C)C2)ccc1OC(F)F. The van der Waals surface area contributed by atoms with Gasteiger partial charge in [-0.25, -0.2) is 0 Å². The minimum absolute atomic E-state index is 0.0386. The van der Waals surface area contributed by atoms with Crippen molar-refractivity contribution in [2.75, 3.05) is 27.2 Å². The number of hydrogen-bond donors (Lipinski definition) is 0. The van der Waals surface area contributed by atoms with Gasteiger partial charge < -0.3 is 19.3 Å². The number of benzene rings is 1. The zero-order chi connectivity index (χ0) is 21.8. The number of halogens is 2. The van der Waals surface area contributed by atoms with Gasteiger partial charge in [-0.3, -0.25) is 9.59 Å². The van der Waals surface area contributed by atoms with Crippen molar-refractivity contribution in [3.8, 4) is 11.5 Å². The van der Waals surface area contributed by atoms with Crippen LogP contribution in [0.5, 0.6) is 11.5 Å². The fourth-order valence-corrected chi connectivity index (χ4v) is 3.50. The summed E-state index contributed by atoms with van der Waals surface area (Å²) in [6.45, 7) is 4.08. The van der Waals surface area contributed by atoms with Gasteiger partial charge in [0.25, 0.3) is 0 Å². The van der Waals surface area contributed by atoms with E-state index in [0.29, 0.717) is 19.6 Å². The topological polar surface area (TPSA) is 59.1 Å². The van der Waals surface area contributed by atoms with Crippen LogP contribution in [0, 0.1) is 11.3 Å². The Morgan fingerprint density at radius 1 is 1.28 bits per heavy atom. The number of carbonyl (C=O) groups excluding carboxylic acids is 2. The molecule has 1 aromatic rings. The molecule has 1 aromatic carbocycles. The van der Waals surface area contributed by atoms with Crippen LogP contribution < -0.4 is 9.47 Å². The first-order chi connectivity index (χ1) is 13.5. The molecule has 2 rings (SSSR count). The van der Waals surface area contributed by atoms with Gasteiger partial charge in [-0.15, -0.1) is 0 Å². The highest BCUT2D eigenvalue weighted by molar-refractivity contribution is 5.83. The van der Waals surface area contributed by atoms with Crippen molar-refractivity contribution in [1.29, 1.82) is 0 Å². The maximum Gasteiger partial charge on any atom is 0.387 e. The van der Waals surface area contributed by atoms with Crippen LogP contribution in [-0.4, -0.2) is 55.5 Å². The molecule has 0 saturated carbocycles. The second kappa shape index (κ2) is 9.41. The number of likely N-dealkylation sites (tertiary alicyclic amines) is 1. The predicted octanol–water partition coefficient (Wildman–Crippen LogP) is 3.54. The lowest BCUT2D eigenvalue weighted by atomic mass is 9.90. The van der Waals surface area contributed by atoms with Crippen LogP contribution in [0.15, 0.2) is 18.2 Å². The molecule has 6 nitrogen and oxygen atoms in total. The summed E-state index contributed by atoms with van der Waals surface area (Å²) >= 11 is 0. The molecule has 1 atom stereocenters. The number of ether oxygens (including phenoxy) is 2. The minimum atomic E-state index is -2.94. The monoisotopic (exact) mass is 412 g/mol. The van der Waals surface area contributed by atoms with E-state index in [9.17, 15) is 18.4 Å². The molecule has 0 bridgehead atoms. The molecule has 162 valence electrons. The van der Waals surface area contributed by atoms with Crippen molar-refractivity contribution < 1.29 is 27.8 Å². The maximum atomic E-state index is 12.9.